The summed E-state index contributed by atoms with van der Waals surface area (Å²) < 4.78 is 27.7. The van der Waals surface area contributed by atoms with Crippen molar-refractivity contribution in [2.24, 2.45) is 0 Å². The molecule has 0 unspecified atom stereocenters. The minimum atomic E-state index is -3.65. The molecular weight excluding hydrogens is 324 g/mol. The number of anilines is 1. The van der Waals surface area contributed by atoms with Gasteiger partial charge in [0, 0.05) is 22.2 Å². The molecule has 1 heterocycles. The third kappa shape index (κ3) is 3.19. The number of fused-ring (bicyclic) bond motifs is 1. The summed E-state index contributed by atoms with van der Waals surface area (Å²) in [5.41, 5.74) is 2.52. The average molecular weight is 342 g/mol. The quantitative estimate of drug-likeness (QED) is 0.764. The summed E-state index contributed by atoms with van der Waals surface area (Å²) in [6, 6.07) is 13.7. The first-order chi connectivity index (χ1) is 11.4. The predicted octanol–water partition coefficient (Wildman–Crippen LogP) is 3.20. The van der Waals surface area contributed by atoms with Crippen LogP contribution in [-0.2, 0) is 16.4 Å². The maximum atomic E-state index is 12.6. The summed E-state index contributed by atoms with van der Waals surface area (Å²) in [7, 11) is -3.65. The number of aromatic nitrogens is 1. The molecular formula is C18H18N2O3S. The van der Waals surface area contributed by atoms with Crippen molar-refractivity contribution in [1.82, 2.24) is 4.98 Å². The van der Waals surface area contributed by atoms with Gasteiger partial charge < -0.3 is 4.98 Å². The second kappa shape index (κ2) is 6.13. The zero-order valence-electron chi connectivity index (χ0n) is 13.5. The highest BCUT2D eigenvalue weighted by atomic mass is 32.2. The highest BCUT2D eigenvalue weighted by Crippen LogP contribution is 2.21. The minimum Gasteiger partial charge on any atom is -0.322 e. The van der Waals surface area contributed by atoms with E-state index in [1.807, 2.05) is 13.0 Å². The van der Waals surface area contributed by atoms with Gasteiger partial charge in [0.2, 0.25) is 0 Å². The van der Waals surface area contributed by atoms with E-state index in [9.17, 15) is 13.2 Å². The van der Waals surface area contributed by atoms with Crippen molar-refractivity contribution in [3.63, 3.8) is 0 Å². The summed E-state index contributed by atoms with van der Waals surface area (Å²) in [6.07, 6.45) is 0.770. The average Bonchev–Trinajstić information content (AvgIpc) is 2.56. The Balaban J connectivity index is 1.98. The maximum absolute atomic E-state index is 12.6. The fraction of sp³-hybridized carbons (Fsp3) is 0.167. The maximum Gasteiger partial charge on any atom is 0.261 e. The Morgan fingerprint density at radius 2 is 1.88 bits per heavy atom. The van der Waals surface area contributed by atoms with Crippen molar-refractivity contribution in [1.29, 1.82) is 0 Å². The predicted molar refractivity (Wildman–Crippen MR) is 95.9 cm³/mol. The first-order valence-electron chi connectivity index (χ1n) is 7.64. The van der Waals surface area contributed by atoms with Crippen molar-refractivity contribution in [2.45, 2.75) is 25.2 Å². The number of sulfonamides is 1. The Morgan fingerprint density at radius 1 is 1.08 bits per heavy atom. The van der Waals surface area contributed by atoms with Crippen molar-refractivity contribution in [3.05, 3.63) is 70.0 Å². The Kier molecular flexibility index (Phi) is 4.15. The largest absolute Gasteiger partial charge is 0.322 e. The van der Waals surface area contributed by atoms with Gasteiger partial charge in [0.25, 0.3) is 15.6 Å². The smallest absolute Gasteiger partial charge is 0.261 e. The number of nitrogens with one attached hydrogen (secondary N) is 2. The van der Waals surface area contributed by atoms with Crippen LogP contribution in [0.2, 0.25) is 0 Å². The molecule has 0 aliphatic rings. The second-order valence-electron chi connectivity index (χ2n) is 5.69. The van der Waals surface area contributed by atoms with Gasteiger partial charge in [0.1, 0.15) is 0 Å². The van der Waals surface area contributed by atoms with Crippen LogP contribution in [0, 0.1) is 6.92 Å². The molecule has 2 aromatic carbocycles. The molecule has 6 heteroatoms. The van der Waals surface area contributed by atoms with E-state index in [0.29, 0.717) is 16.8 Å². The highest BCUT2D eigenvalue weighted by molar-refractivity contribution is 7.92. The van der Waals surface area contributed by atoms with Gasteiger partial charge in [-0.1, -0.05) is 19.1 Å². The van der Waals surface area contributed by atoms with E-state index in [2.05, 4.69) is 9.71 Å². The number of H-pyrrole nitrogens is 1. The van der Waals surface area contributed by atoms with Crippen LogP contribution in [0.3, 0.4) is 0 Å². The topological polar surface area (TPSA) is 79.0 Å². The van der Waals surface area contributed by atoms with Crippen LogP contribution in [0.15, 0.2) is 58.2 Å². The number of rotatable bonds is 4. The van der Waals surface area contributed by atoms with Gasteiger partial charge in [0.05, 0.1) is 4.90 Å². The summed E-state index contributed by atoms with van der Waals surface area (Å²) >= 11 is 0. The van der Waals surface area contributed by atoms with Crippen LogP contribution in [0.25, 0.3) is 10.9 Å². The zero-order chi connectivity index (χ0) is 17.3. The minimum absolute atomic E-state index is 0.146. The van der Waals surface area contributed by atoms with E-state index < -0.39 is 10.0 Å². The van der Waals surface area contributed by atoms with Crippen molar-refractivity contribution < 1.29 is 8.42 Å². The molecule has 0 saturated carbocycles. The lowest BCUT2D eigenvalue weighted by atomic mass is 10.1. The lowest BCUT2D eigenvalue weighted by molar-refractivity contribution is 0.601. The molecule has 124 valence electrons. The first kappa shape index (κ1) is 16.3. The zero-order valence-corrected chi connectivity index (χ0v) is 14.3. The van der Waals surface area contributed by atoms with E-state index in [4.69, 9.17) is 0 Å². The number of aromatic amines is 1. The number of pyridine rings is 1. The summed E-state index contributed by atoms with van der Waals surface area (Å²) in [4.78, 5) is 14.6. The van der Waals surface area contributed by atoms with E-state index in [1.165, 1.54) is 0 Å². The van der Waals surface area contributed by atoms with Crippen LogP contribution in [0.4, 0.5) is 5.69 Å². The fourth-order valence-corrected chi connectivity index (χ4v) is 3.65. The van der Waals surface area contributed by atoms with Gasteiger partial charge in [-0.15, -0.1) is 0 Å². The normalized spacial score (nSPS) is 11.6. The molecule has 0 saturated heterocycles. The van der Waals surface area contributed by atoms with Crippen LogP contribution < -0.4 is 10.3 Å². The molecule has 0 spiro atoms. The molecule has 0 aliphatic heterocycles. The summed E-state index contributed by atoms with van der Waals surface area (Å²) in [5.74, 6) is 0. The van der Waals surface area contributed by atoms with Crippen molar-refractivity contribution >= 4 is 26.6 Å². The van der Waals surface area contributed by atoms with Crippen LogP contribution in [0.1, 0.15) is 18.1 Å². The lowest BCUT2D eigenvalue weighted by Gasteiger charge is -2.10. The van der Waals surface area contributed by atoms with Crippen LogP contribution in [-0.4, -0.2) is 13.4 Å². The Morgan fingerprint density at radius 3 is 2.62 bits per heavy atom. The Bertz CT molecular complexity index is 1070. The number of aryl methyl sites for hydroxylation is 2. The number of hydrogen-bond donors (Lipinski definition) is 2. The van der Waals surface area contributed by atoms with E-state index in [1.54, 1.807) is 49.4 Å². The monoisotopic (exact) mass is 342 g/mol. The molecule has 1 aromatic heterocycles. The molecule has 0 fully saturated rings. The van der Waals surface area contributed by atoms with Gasteiger partial charge in [-0.05, 0) is 55.3 Å². The standard InChI is InChI=1S/C18H18N2O3S/c1-3-13-5-4-6-16(10-13)24(22,23)20-15-7-8-17-14(11-15)9-12(2)18(21)19-17/h4-11,20H,3H2,1-2H3,(H,19,21). The third-order valence-electron chi connectivity index (χ3n) is 3.90. The fourth-order valence-electron chi connectivity index (χ4n) is 2.53. The first-order valence-corrected chi connectivity index (χ1v) is 9.13. The molecule has 0 radical (unpaired) electrons. The SMILES string of the molecule is CCc1cccc(S(=O)(=O)Nc2ccc3[nH]c(=O)c(C)cc3c2)c1. The molecule has 5 nitrogen and oxygen atoms in total. The van der Waals surface area contributed by atoms with Gasteiger partial charge in [-0.3, -0.25) is 9.52 Å². The van der Waals surface area contributed by atoms with Gasteiger partial charge in [-0.25, -0.2) is 8.42 Å². The summed E-state index contributed by atoms with van der Waals surface area (Å²) in [6.45, 7) is 3.69. The van der Waals surface area contributed by atoms with E-state index in [0.717, 1.165) is 17.4 Å². The number of benzene rings is 2. The van der Waals surface area contributed by atoms with Crippen LogP contribution >= 0.6 is 0 Å². The Hall–Kier alpha value is -2.60. The third-order valence-corrected chi connectivity index (χ3v) is 5.28. The van der Waals surface area contributed by atoms with Crippen molar-refractivity contribution in [2.75, 3.05) is 4.72 Å². The second-order valence-corrected chi connectivity index (χ2v) is 7.37. The molecule has 3 rings (SSSR count). The molecule has 3 aromatic rings. The molecule has 0 aliphatic carbocycles. The summed E-state index contributed by atoms with van der Waals surface area (Å²) in [5, 5.41) is 0.773. The van der Waals surface area contributed by atoms with Gasteiger partial charge in [-0.2, -0.15) is 0 Å². The molecule has 2 N–H and O–H groups in total. The molecule has 24 heavy (non-hydrogen) atoms. The molecule has 0 bridgehead atoms. The van der Waals surface area contributed by atoms with Gasteiger partial charge in [0.15, 0.2) is 0 Å². The van der Waals surface area contributed by atoms with E-state index in [-0.39, 0.29) is 10.5 Å². The van der Waals surface area contributed by atoms with Crippen molar-refractivity contribution in [3.8, 4) is 0 Å². The van der Waals surface area contributed by atoms with Gasteiger partial charge >= 0.3 is 0 Å². The van der Waals surface area contributed by atoms with Crippen LogP contribution in [0.5, 0.6) is 0 Å². The van der Waals surface area contributed by atoms with E-state index >= 15 is 0 Å². The Labute approximate surface area is 140 Å². The lowest BCUT2D eigenvalue weighted by Crippen LogP contribution is -2.13. The molecule has 0 amide bonds. The number of hydrogen-bond acceptors (Lipinski definition) is 3. The molecule has 0 atom stereocenters. The highest BCUT2D eigenvalue weighted by Gasteiger charge is 2.14.